The number of fused-ring (bicyclic) bond motifs is 1. The van der Waals surface area contributed by atoms with Gasteiger partial charge in [0.2, 0.25) is 0 Å². The minimum Gasteiger partial charge on any atom is -0.488 e. The molecule has 2 nitrogen and oxygen atoms in total. The van der Waals surface area contributed by atoms with Crippen molar-refractivity contribution in [1.29, 1.82) is 0 Å². The topological polar surface area (TPSA) is 21.3 Å². The minimum atomic E-state index is 0.294. The maximum atomic E-state index is 5.83. The number of hydrogen-bond acceptors (Lipinski definition) is 2. The molecule has 1 unspecified atom stereocenters. The highest BCUT2D eigenvalue weighted by atomic mass is 16.5. The summed E-state index contributed by atoms with van der Waals surface area (Å²) in [6.07, 6.45) is 3.52. The summed E-state index contributed by atoms with van der Waals surface area (Å²) in [5, 5.41) is 3.39. The Balaban J connectivity index is 1.77. The first-order valence-corrected chi connectivity index (χ1v) is 5.84. The van der Waals surface area contributed by atoms with Crippen LogP contribution in [0, 0.1) is 0 Å². The van der Waals surface area contributed by atoms with Crippen LogP contribution in [0.5, 0.6) is 5.75 Å². The summed E-state index contributed by atoms with van der Waals surface area (Å²) in [4.78, 5) is 0. The van der Waals surface area contributed by atoms with Crippen LogP contribution >= 0.6 is 0 Å². The molecular weight excluding hydrogens is 198 g/mol. The Morgan fingerprint density at radius 2 is 2.25 bits per heavy atom. The zero-order chi connectivity index (χ0) is 11.4. The molecule has 0 saturated heterocycles. The number of allylic oxidation sites excluding steroid dienone is 1. The molecule has 1 heterocycles. The van der Waals surface area contributed by atoms with Crippen molar-refractivity contribution in [2.24, 2.45) is 0 Å². The Labute approximate surface area is 97.3 Å². The molecule has 1 atom stereocenters. The van der Waals surface area contributed by atoms with E-state index in [4.69, 9.17) is 4.74 Å². The summed E-state index contributed by atoms with van der Waals surface area (Å²) in [6.45, 7) is 6.07. The van der Waals surface area contributed by atoms with Crippen molar-refractivity contribution < 1.29 is 4.74 Å². The number of nitrogens with one attached hydrogen (secondary N) is 1. The van der Waals surface area contributed by atoms with E-state index < -0.39 is 0 Å². The van der Waals surface area contributed by atoms with Gasteiger partial charge in [-0.25, -0.2) is 0 Å². The highest BCUT2D eigenvalue weighted by molar-refractivity contribution is 5.37. The quantitative estimate of drug-likeness (QED) is 0.618. The average molecular weight is 217 g/mol. The van der Waals surface area contributed by atoms with Crippen LogP contribution in [0.2, 0.25) is 0 Å². The lowest BCUT2D eigenvalue weighted by Gasteiger charge is -2.10. The normalized spacial score (nSPS) is 17.8. The van der Waals surface area contributed by atoms with Crippen molar-refractivity contribution >= 4 is 0 Å². The highest BCUT2D eigenvalue weighted by Crippen LogP contribution is 2.27. The second kappa shape index (κ2) is 5.17. The van der Waals surface area contributed by atoms with E-state index >= 15 is 0 Å². The van der Waals surface area contributed by atoms with Gasteiger partial charge >= 0.3 is 0 Å². The SMILES string of the molecule is CC(C)=CCNCC1Cc2ccccc2O1. The van der Waals surface area contributed by atoms with E-state index in [-0.39, 0.29) is 0 Å². The molecule has 2 heteroatoms. The van der Waals surface area contributed by atoms with E-state index in [0.29, 0.717) is 6.10 Å². The van der Waals surface area contributed by atoms with Gasteiger partial charge in [0.25, 0.3) is 0 Å². The monoisotopic (exact) mass is 217 g/mol. The van der Waals surface area contributed by atoms with Crippen molar-refractivity contribution in [2.45, 2.75) is 26.4 Å². The summed E-state index contributed by atoms with van der Waals surface area (Å²) in [5.41, 5.74) is 2.68. The van der Waals surface area contributed by atoms with Crippen LogP contribution in [0.4, 0.5) is 0 Å². The van der Waals surface area contributed by atoms with Gasteiger partial charge in [0.15, 0.2) is 0 Å². The molecule has 1 aromatic rings. The third kappa shape index (κ3) is 2.86. The van der Waals surface area contributed by atoms with Crippen LogP contribution in [0.15, 0.2) is 35.9 Å². The van der Waals surface area contributed by atoms with Crippen LogP contribution in [-0.2, 0) is 6.42 Å². The molecule has 2 rings (SSSR count). The van der Waals surface area contributed by atoms with E-state index in [1.54, 1.807) is 0 Å². The van der Waals surface area contributed by atoms with Crippen LogP contribution in [0.25, 0.3) is 0 Å². The minimum absolute atomic E-state index is 0.294. The number of hydrogen-bond donors (Lipinski definition) is 1. The number of para-hydroxylation sites is 1. The van der Waals surface area contributed by atoms with E-state index in [2.05, 4.69) is 37.4 Å². The molecular formula is C14H19NO. The van der Waals surface area contributed by atoms with E-state index in [1.807, 2.05) is 12.1 Å². The lowest BCUT2D eigenvalue weighted by atomic mass is 10.1. The molecule has 1 aliphatic rings. The fourth-order valence-electron chi connectivity index (χ4n) is 1.89. The molecule has 1 N–H and O–H groups in total. The fraction of sp³-hybridized carbons (Fsp3) is 0.429. The Morgan fingerprint density at radius 3 is 3.00 bits per heavy atom. The summed E-state index contributed by atoms with van der Waals surface area (Å²) in [5.74, 6) is 1.05. The van der Waals surface area contributed by atoms with Gasteiger partial charge in [0, 0.05) is 19.5 Å². The van der Waals surface area contributed by atoms with Crippen molar-refractivity contribution in [3.05, 3.63) is 41.5 Å². The molecule has 16 heavy (non-hydrogen) atoms. The third-order valence-electron chi connectivity index (χ3n) is 2.74. The molecule has 86 valence electrons. The zero-order valence-corrected chi connectivity index (χ0v) is 9.99. The second-order valence-electron chi connectivity index (χ2n) is 4.49. The molecule has 0 aromatic heterocycles. The fourth-order valence-corrected chi connectivity index (χ4v) is 1.89. The molecule has 0 spiro atoms. The Kier molecular flexibility index (Phi) is 3.62. The van der Waals surface area contributed by atoms with Gasteiger partial charge in [-0.1, -0.05) is 29.8 Å². The Morgan fingerprint density at radius 1 is 1.44 bits per heavy atom. The first-order valence-electron chi connectivity index (χ1n) is 5.84. The smallest absolute Gasteiger partial charge is 0.123 e. The lowest BCUT2D eigenvalue weighted by molar-refractivity contribution is 0.229. The van der Waals surface area contributed by atoms with Crippen molar-refractivity contribution in [3.8, 4) is 5.75 Å². The van der Waals surface area contributed by atoms with Gasteiger partial charge in [-0.15, -0.1) is 0 Å². The zero-order valence-electron chi connectivity index (χ0n) is 9.99. The van der Waals surface area contributed by atoms with Crippen LogP contribution in [0.1, 0.15) is 19.4 Å². The lowest BCUT2D eigenvalue weighted by Crippen LogP contribution is -2.30. The summed E-state index contributed by atoms with van der Waals surface area (Å²) < 4.78 is 5.83. The molecule has 0 radical (unpaired) electrons. The van der Waals surface area contributed by atoms with Crippen LogP contribution in [-0.4, -0.2) is 19.2 Å². The molecule has 1 aliphatic heterocycles. The summed E-state index contributed by atoms with van der Waals surface area (Å²) >= 11 is 0. The van der Waals surface area contributed by atoms with Gasteiger partial charge in [0.1, 0.15) is 11.9 Å². The van der Waals surface area contributed by atoms with E-state index in [1.165, 1.54) is 11.1 Å². The standard InChI is InChI=1S/C14H19NO/c1-11(2)7-8-15-10-13-9-12-5-3-4-6-14(12)16-13/h3-7,13,15H,8-10H2,1-2H3. The van der Waals surface area contributed by atoms with Gasteiger partial charge in [-0.05, 0) is 25.5 Å². The van der Waals surface area contributed by atoms with Crippen LogP contribution < -0.4 is 10.1 Å². The third-order valence-corrected chi connectivity index (χ3v) is 2.74. The van der Waals surface area contributed by atoms with E-state index in [9.17, 15) is 0 Å². The first kappa shape index (κ1) is 11.2. The molecule has 0 aliphatic carbocycles. The largest absolute Gasteiger partial charge is 0.488 e. The number of ether oxygens (including phenoxy) is 1. The highest BCUT2D eigenvalue weighted by Gasteiger charge is 2.21. The number of rotatable bonds is 4. The first-order chi connectivity index (χ1) is 7.75. The van der Waals surface area contributed by atoms with Gasteiger partial charge < -0.3 is 10.1 Å². The van der Waals surface area contributed by atoms with E-state index in [0.717, 1.165) is 25.3 Å². The van der Waals surface area contributed by atoms with Gasteiger partial charge in [0.05, 0.1) is 0 Å². The maximum Gasteiger partial charge on any atom is 0.123 e. The number of benzene rings is 1. The van der Waals surface area contributed by atoms with Crippen molar-refractivity contribution in [1.82, 2.24) is 5.32 Å². The molecule has 0 amide bonds. The second-order valence-corrected chi connectivity index (χ2v) is 4.49. The average Bonchev–Trinajstić information content (AvgIpc) is 2.66. The van der Waals surface area contributed by atoms with Crippen molar-refractivity contribution in [3.63, 3.8) is 0 Å². The molecule has 0 bridgehead atoms. The molecule has 0 saturated carbocycles. The van der Waals surface area contributed by atoms with Gasteiger partial charge in [-0.3, -0.25) is 0 Å². The maximum absolute atomic E-state index is 5.83. The predicted molar refractivity (Wildman–Crippen MR) is 66.9 cm³/mol. The van der Waals surface area contributed by atoms with Crippen LogP contribution in [0.3, 0.4) is 0 Å². The van der Waals surface area contributed by atoms with Crippen molar-refractivity contribution in [2.75, 3.05) is 13.1 Å². The summed E-state index contributed by atoms with van der Waals surface area (Å²) in [7, 11) is 0. The Bertz CT molecular complexity index is 355. The summed E-state index contributed by atoms with van der Waals surface area (Å²) in [6, 6.07) is 8.29. The predicted octanol–water partition coefficient (Wildman–Crippen LogP) is 2.55. The Hall–Kier alpha value is -1.28. The van der Waals surface area contributed by atoms with Gasteiger partial charge in [-0.2, -0.15) is 0 Å². The molecule has 1 aromatic carbocycles. The molecule has 0 fully saturated rings.